The highest BCUT2D eigenvalue weighted by molar-refractivity contribution is 5.99. The number of esters is 1. The fraction of sp³-hybridized carbons (Fsp3) is 0.360. The van der Waals surface area contributed by atoms with E-state index in [1.54, 1.807) is 22.8 Å². The summed E-state index contributed by atoms with van der Waals surface area (Å²) in [4.78, 5) is 42.5. The third kappa shape index (κ3) is 4.28. The Morgan fingerprint density at radius 3 is 2.72 bits per heavy atom. The van der Waals surface area contributed by atoms with Crippen molar-refractivity contribution in [1.29, 1.82) is 0 Å². The average Bonchev–Trinajstić information content (AvgIpc) is 3.58. The zero-order valence-corrected chi connectivity index (χ0v) is 18.5. The molecule has 4 rings (SSSR count). The van der Waals surface area contributed by atoms with Crippen LogP contribution in [0.5, 0.6) is 0 Å². The quantitative estimate of drug-likeness (QED) is 0.292. The van der Waals surface area contributed by atoms with Crippen LogP contribution in [0.2, 0.25) is 0 Å². The van der Waals surface area contributed by atoms with E-state index < -0.39 is 5.97 Å². The molecule has 2 aromatic heterocycles. The van der Waals surface area contributed by atoms with Crippen LogP contribution in [0.15, 0.2) is 47.8 Å². The highest BCUT2D eigenvalue weighted by atomic mass is 16.5. The van der Waals surface area contributed by atoms with Gasteiger partial charge >= 0.3 is 5.97 Å². The molecule has 1 aliphatic rings. The third-order valence-electron chi connectivity index (χ3n) is 5.90. The van der Waals surface area contributed by atoms with Crippen LogP contribution in [0, 0.1) is 13.8 Å². The van der Waals surface area contributed by atoms with E-state index in [1.165, 1.54) is 0 Å². The van der Waals surface area contributed by atoms with Crippen molar-refractivity contribution in [3.63, 3.8) is 0 Å². The second kappa shape index (κ2) is 8.94. The summed E-state index contributed by atoms with van der Waals surface area (Å²) >= 11 is 0. The number of Topliss-reactive ketones (excluding diaryl/α,β-unsaturated/α-hetero) is 1. The molecular weight excluding hydrogens is 406 g/mol. The highest BCUT2D eigenvalue weighted by Gasteiger charge is 2.28. The van der Waals surface area contributed by atoms with Crippen molar-refractivity contribution in [3.8, 4) is 0 Å². The molecule has 1 saturated carbocycles. The number of carbonyl (C=O) groups is 2. The maximum Gasteiger partial charge on any atom is 0.306 e. The summed E-state index contributed by atoms with van der Waals surface area (Å²) in [7, 11) is 0. The molecule has 2 heterocycles. The number of aromatic nitrogens is 3. The van der Waals surface area contributed by atoms with Crippen LogP contribution in [0.1, 0.15) is 52.9 Å². The van der Waals surface area contributed by atoms with E-state index in [9.17, 15) is 14.4 Å². The van der Waals surface area contributed by atoms with Crippen molar-refractivity contribution in [2.24, 2.45) is 0 Å². The van der Waals surface area contributed by atoms with Gasteiger partial charge in [0.1, 0.15) is 5.82 Å². The molecule has 166 valence electrons. The number of carbonyl (C=O) groups excluding carboxylic acids is 2. The molecule has 0 unspecified atom stereocenters. The number of aryl methyl sites for hydroxylation is 2. The first-order valence-corrected chi connectivity index (χ1v) is 10.9. The fourth-order valence-corrected chi connectivity index (χ4v) is 4.08. The van der Waals surface area contributed by atoms with Crippen molar-refractivity contribution in [2.45, 2.75) is 52.1 Å². The number of benzene rings is 1. The molecule has 32 heavy (non-hydrogen) atoms. The van der Waals surface area contributed by atoms with E-state index in [2.05, 4.69) is 11.6 Å². The summed E-state index contributed by atoms with van der Waals surface area (Å²) in [6.07, 6.45) is 4.00. The molecule has 0 bridgehead atoms. The standard InChI is InChI=1S/C25H27N3O4/c1-4-13-27-16(2)14-20(17(27)3)22(29)15-32-24(30)12-11-23-26-21-8-6-5-7-19(21)25(31)28(23)18-9-10-18/h4-8,14,18H,1,9-13,15H2,2-3H3. The first kappa shape index (κ1) is 21.7. The lowest BCUT2D eigenvalue weighted by atomic mass is 10.1. The molecule has 0 spiro atoms. The lowest BCUT2D eigenvalue weighted by molar-refractivity contribution is -0.142. The number of rotatable bonds is 9. The molecule has 0 aliphatic heterocycles. The summed E-state index contributed by atoms with van der Waals surface area (Å²) in [6.45, 7) is 7.84. The summed E-state index contributed by atoms with van der Waals surface area (Å²) in [5, 5.41) is 0.588. The Bertz CT molecular complexity index is 1260. The normalized spacial score (nSPS) is 13.3. The Kier molecular flexibility index (Phi) is 6.08. The summed E-state index contributed by atoms with van der Waals surface area (Å²) < 4.78 is 8.95. The topological polar surface area (TPSA) is 83.2 Å². The van der Waals surface area contributed by atoms with Gasteiger partial charge in [-0.15, -0.1) is 6.58 Å². The van der Waals surface area contributed by atoms with Gasteiger partial charge in [-0.1, -0.05) is 18.2 Å². The second-order valence-corrected chi connectivity index (χ2v) is 8.22. The van der Waals surface area contributed by atoms with E-state index in [4.69, 9.17) is 4.74 Å². The first-order valence-electron chi connectivity index (χ1n) is 10.9. The predicted octanol–water partition coefficient (Wildman–Crippen LogP) is 3.69. The Hall–Kier alpha value is -3.48. The van der Waals surface area contributed by atoms with E-state index in [0.717, 1.165) is 24.2 Å². The van der Waals surface area contributed by atoms with Crippen LogP contribution in [0.3, 0.4) is 0 Å². The zero-order chi connectivity index (χ0) is 22.8. The predicted molar refractivity (Wildman–Crippen MR) is 122 cm³/mol. The Morgan fingerprint density at radius 2 is 2.00 bits per heavy atom. The maximum atomic E-state index is 12.9. The molecule has 7 heteroatoms. The molecule has 7 nitrogen and oxygen atoms in total. The van der Waals surface area contributed by atoms with Crippen LogP contribution in [0.25, 0.3) is 10.9 Å². The monoisotopic (exact) mass is 433 g/mol. The molecular formula is C25H27N3O4. The van der Waals surface area contributed by atoms with Gasteiger partial charge in [0.25, 0.3) is 5.56 Å². The van der Waals surface area contributed by atoms with Crippen molar-refractivity contribution < 1.29 is 14.3 Å². The lowest BCUT2D eigenvalue weighted by Gasteiger charge is -2.12. The largest absolute Gasteiger partial charge is 0.457 e. The Labute approximate surface area is 186 Å². The van der Waals surface area contributed by atoms with Gasteiger partial charge in [-0.25, -0.2) is 4.98 Å². The van der Waals surface area contributed by atoms with Gasteiger partial charge < -0.3 is 9.30 Å². The smallest absolute Gasteiger partial charge is 0.306 e. The number of fused-ring (bicyclic) bond motifs is 1. The van der Waals surface area contributed by atoms with E-state index in [-0.39, 0.29) is 36.8 Å². The van der Waals surface area contributed by atoms with Crippen LogP contribution >= 0.6 is 0 Å². The molecule has 0 radical (unpaired) electrons. The highest BCUT2D eigenvalue weighted by Crippen LogP contribution is 2.34. The van der Waals surface area contributed by atoms with Crippen LogP contribution in [-0.4, -0.2) is 32.5 Å². The molecule has 0 atom stereocenters. The van der Waals surface area contributed by atoms with Crippen molar-refractivity contribution in [1.82, 2.24) is 14.1 Å². The third-order valence-corrected chi connectivity index (χ3v) is 5.90. The molecule has 3 aromatic rings. The number of ether oxygens (including phenoxy) is 1. The Balaban J connectivity index is 1.42. The van der Waals surface area contributed by atoms with E-state index in [1.807, 2.05) is 36.6 Å². The maximum absolute atomic E-state index is 12.9. The number of nitrogens with zero attached hydrogens (tertiary/aromatic N) is 3. The lowest BCUT2D eigenvalue weighted by Crippen LogP contribution is -2.25. The van der Waals surface area contributed by atoms with Gasteiger partial charge in [-0.2, -0.15) is 0 Å². The molecule has 1 fully saturated rings. The molecule has 0 saturated heterocycles. The average molecular weight is 434 g/mol. The van der Waals surface area contributed by atoms with Gasteiger partial charge in [0, 0.05) is 36.0 Å². The summed E-state index contributed by atoms with van der Waals surface area (Å²) in [5.74, 6) is -0.129. The van der Waals surface area contributed by atoms with Crippen LogP contribution < -0.4 is 5.56 Å². The van der Waals surface area contributed by atoms with Gasteiger partial charge in [0.15, 0.2) is 6.61 Å². The Morgan fingerprint density at radius 1 is 1.25 bits per heavy atom. The van der Waals surface area contributed by atoms with Crippen molar-refractivity contribution in [3.05, 3.63) is 76.1 Å². The summed E-state index contributed by atoms with van der Waals surface area (Å²) in [6, 6.07) is 9.20. The number of hydrogen-bond acceptors (Lipinski definition) is 5. The number of ketones is 1. The first-order chi connectivity index (χ1) is 15.4. The van der Waals surface area contributed by atoms with Crippen molar-refractivity contribution in [2.75, 3.05) is 6.61 Å². The minimum absolute atomic E-state index is 0.0558. The van der Waals surface area contributed by atoms with E-state index >= 15 is 0 Å². The SMILES string of the molecule is C=CCn1c(C)cc(C(=O)COC(=O)CCc2nc3ccccc3c(=O)n2C2CC2)c1C. The van der Waals surface area contributed by atoms with Gasteiger partial charge in [-0.3, -0.25) is 19.0 Å². The van der Waals surface area contributed by atoms with Gasteiger partial charge in [0.2, 0.25) is 5.78 Å². The minimum Gasteiger partial charge on any atom is -0.457 e. The van der Waals surface area contributed by atoms with Crippen LogP contribution in [0.4, 0.5) is 0 Å². The fourth-order valence-electron chi connectivity index (χ4n) is 4.08. The van der Waals surface area contributed by atoms with E-state index in [0.29, 0.717) is 28.8 Å². The van der Waals surface area contributed by atoms with Gasteiger partial charge in [-0.05, 0) is 44.9 Å². The molecule has 1 aromatic carbocycles. The van der Waals surface area contributed by atoms with Crippen molar-refractivity contribution >= 4 is 22.7 Å². The summed E-state index contributed by atoms with van der Waals surface area (Å²) in [5.41, 5.74) is 2.90. The minimum atomic E-state index is -0.483. The number of hydrogen-bond donors (Lipinski definition) is 0. The molecule has 0 N–H and O–H groups in total. The molecule has 1 aliphatic carbocycles. The van der Waals surface area contributed by atoms with Crippen LogP contribution in [-0.2, 0) is 22.5 Å². The second-order valence-electron chi connectivity index (χ2n) is 8.22. The van der Waals surface area contributed by atoms with Gasteiger partial charge in [0.05, 0.1) is 17.3 Å². The number of para-hydroxylation sites is 1. The zero-order valence-electron chi connectivity index (χ0n) is 18.5. The number of allylic oxidation sites excluding steroid dienone is 1. The molecule has 0 amide bonds.